The number of aromatic nitrogens is 1. The molecule has 0 aliphatic heterocycles. The topological polar surface area (TPSA) is 94.2 Å². The van der Waals surface area contributed by atoms with Gasteiger partial charge in [0.2, 0.25) is 0 Å². The number of oxime groups is 1. The summed E-state index contributed by atoms with van der Waals surface area (Å²) in [6.45, 7) is 0.549. The predicted molar refractivity (Wildman–Crippen MR) is 127 cm³/mol. The normalized spacial score (nSPS) is 11.2. The Morgan fingerprint density at radius 3 is 2.29 bits per heavy atom. The minimum atomic E-state index is -0.874. The van der Waals surface area contributed by atoms with Crippen molar-refractivity contribution in [1.82, 2.24) is 5.16 Å². The number of carboxylic acids is 1. The summed E-state index contributed by atoms with van der Waals surface area (Å²) in [6, 6.07) is 28.5. The number of carboxylic acid groups (broad SMARTS) is 1. The number of hydrogen-bond donors (Lipinski definition) is 1. The highest BCUT2D eigenvalue weighted by molar-refractivity contribution is 6.01. The summed E-state index contributed by atoms with van der Waals surface area (Å²) < 4.78 is 11.2. The van der Waals surface area contributed by atoms with Crippen molar-refractivity contribution in [1.29, 1.82) is 0 Å². The molecule has 4 aromatic rings. The molecule has 0 bridgehead atoms. The second kappa shape index (κ2) is 11.5. The maximum absolute atomic E-state index is 11.0. The van der Waals surface area contributed by atoms with Crippen molar-refractivity contribution in [2.75, 3.05) is 0 Å². The van der Waals surface area contributed by atoms with Crippen molar-refractivity contribution < 1.29 is 24.0 Å². The molecule has 0 saturated carbocycles. The van der Waals surface area contributed by atoms with Crippen LogP contribution in [0.5, 0.6) is 5.75 Å². The highest BCUT2D eigenvalue weighted by atomic mass is 16.6. The fraction of sp³-hybridized carbons (Fsp3) is 0.148. The van der Waals surface area contributed by atoms with Crippen LogP contribution >= 0.6 is 0 Å². The lowest BCUT2D eigenvalue weighted by atomic mass is 10.1. The maximum Gasteiger partial charge on any atom is 0.303 e. The summed E-state index contributed by atoms with van der Waals surface area (Å²) in [4.78, 5) is 16.5. The van der Waals surface area contributed by atoms with E-state index < -0.39 is 5.97 Å². The van der Waals surface area contributed by atoms with E-state index in [9.17, 15) is 4.79 Å². The Labute approximate surface area is 197 Å². The molecule has 0 unspecified atom stereocenters. The first kappa shape index (κ1) is 22.8. The van der Waals surface area contributed by atoms with Crippen LogP contribution < -0.4 is 4.74 Å². The number of ether oxygens (including phenoxy) is 1. The standard InChI is InChI=1S/C27H24N2O5/c30-27(31)16-15-25(21-7-3-1-4-8-21)29-33-18-20-11-13-24(14-12-20)32-19-23-17-26(34-28-23)22-9-5-2-6-10-22/h1-14,17H,15-16,18-19H2,(H,30,31)/b29-25-. The van der Waals surface area contributed by atoms with E-state index >= 15 is 0 Å². The minimum absolute atomic E-state index is 0.0124. The number of aliphatic carboxylic acids is 1. The first-order chi connectivity index (χ1) is 16.7. The Kier molecular flexibility index (Phi) is 7.69. The molecular formula is C27H24N2O5. The molecule has 1 aromatic heterocycles. The number of carbonyl (C=O) groups is 1. The van der Waals surface area contributed by atoms with Crippen LogP contribution in [0.4, 0.5) is 0 Å². The molecule has 3 aromatic carbocycles. The monoisotopic (exact) mass is 456 g/mol. The Hall–Kier alpha value is -4.39. The van der Waals surface area contributed by atoms with E-state index in [4.69, 9.17) is 19.2 Å². The Morgan fingerprint density at radius 2 is 1.59 bits per heavy atom. The van der Waals surface area contributed by atoms with E-state index in [1.54, 1.807) is 0 Å². The molecule has 0 atom stereocenters. The lowest BCUT2D eigenvalue weighted by Crippen LogP contribution is -2.06. The molecule has 0 saturated heterocycles. The van der Waals surface area contributed by atoms with Crippen LogP contribution in [0.25, 0.3) is 11.3 Å². The van der Waals surface area contributed by atoms with Gasteiger partial charge in [-0.15, -0.1) is 0 Å². The van der Waals surface area contributed by atoms with Crippen LogP contribution in [-0.4, -0.2) is 21.9 Å². The minimum Gasteiger partial charge on any atom is -0.487 e. The van der Waals surface area contributed by atoms with Crippen LogP contribution in [0.3, 0.4) is 0 Å². The van der Waals surface area contributed by atoms with Crippen molar-refractivity contribution in [3.05, 3.63) is 108 Å². The molecule has 1 heterocycles. The number of hydrogen-bond acceptors (Lipinski definition) is 6. The SMILES string of the molecule is O=C(O)CC/C(=N/OCc1ccc(OCc2cc(-c3ccccc3)on2)cc1)c1ccccc1. The summed E-state index contributed by atoms with van der Waals surface area (Å²) in [6.07, 6.45) is 0.279. The van der Waals surface area contributed by atoms with E-state index in [0.717, 1.165) is 16.7 Å². The van der Waals surface area contributed by atoms with Gasteiger partial charge in [-0.3, -0.25) is 4.79 Å². The van der Waals surface area contributed by atoms with Gasteiger partial charge in [0.25, 0.3) is 0 Å². The quantitative estimate of drug-likeness (QED) is 0.230. The smallest absolute Gasteiger partial charge is 0.303 e. The molecule has 0 amide bonds. The van der Waals surface area contributed by atoms with Crippen LogP contribution in [0.2, 0.25) is 0 Å². The molecule has 7 heteroatoms. The Morgan fingerprint density at radius 1 is 0.882 bits per heavy atom. The van der Waals surface area contributed by atoms with Gasteiger partial charge in [0.1, 0.15) is 24.7 Å². The van der Waals surface area contributed by atoms with E-state index in [0.29, 0.717) is 35.9 Å². The fourth-order valence-corrected chi connectivity index (χ4v) is 3.24. The van der Waals surface area contributed by atoms with Crippen molar-refractivity contribution in [2.45, 2.75) is 26.1 Å². The van der Waals surface area contributed by atoms with Gasteiger partial charge in [-0.25, -0.2) is 0 Å². The average Bonchev–Trinajstić information content (AvgIpc) is 3.36. The molecule has 0 radical (unpaired) electrons. The van der Waals surface area contributed by atoms with Crippen LogP contribution in [0, 0.1) is 0 Å². The maximum atomic E-state index is 11.0. The fourth-order valence-electron chi connectivity index (χ4n) is 3.24. The van der Waals surface area contributed by atoms with E-state index in [-0.39, 0.29) is 13.0 Å². The number of benzene rings is 3. The first-order valence-corrected chi connectivity index (χ1v) is 10.9. The van der Waals surface area contributed by atoms with Crippen LogP contribution in [0.1, 0.15) is 29.7 Å². The zero-order valence-corrected chi connectivity index (χ0v) is 18.5. The number of rotatable bonds is 11. The van der Waals surface area contributed by atoms with E-state index in [2.05, 4.69) is 10.3 Å². The van der Waals surface area contributed by atoms with Gasteiger partial charge < -0.3 is 19.2 Å². The predicted octanol–water partition coefficient (Wildman–Crippen LogP) is 5.71. The molecule has 0 aliphatic carbocycles. The molecule has 0 aliphatic rings. The van der Waals surface area contributed by atoms with Gasteiger partial charge in [-0.2, -0.15) is 0 Å². The highest BCUT2D eigenvalue weighted by Gasteiger charge is 2.09. The van der Waals surface area contributed by atoms with Gasteiger partial charge in [-0.1, -0.05) is 83.1 Å². The van der Waals surface area contributed by atoms with Gasteiger partial charge in [0.15, 0.2) is 5.76 Å². The first-order valence-electron chi connectivity index (χ1n) is 10.9. The van der Waals surface area contributed by atoms with Gasteiger partial charge in [0.05, 0.1) is 12.1 Å². The van der Waals surface area contributed by atoms with Gasteiger partial charge >= 0.3 is 5.97 Å². The Bertz CT molecular complexity index is 1220. The molecule has 34 heavy (non-hydrogen) atoms. The van der Waals surface area contributed by atoms with Crippen molar-refractivity contribution in [3.8, 4) is 17.1 Å². The molecule has 0 spiro atoms. The van der Waals surface area contributed by atoms with Crippen molar-refractivity contribution in [3.63, 3.8) is 0 Å². The third-order valence-corrected chi connectivity index (χ3v) is 5.02. The number of nitrogens with zero attached hydrogens (tertiary/aromatic N) is 2. The second-order valence-corrected chi connectivity index (χ2v) is 7.55. The summed E-state index contributed by atoms with van der Waals surface area (Å²) in [5, 5.41) is 17.2. The van der Waals surface area contributed by atoms with Crippen LogP contribution in [-0.2, 0) is 22.8 Å². The molecule has 4 rings (SSSR count). The molecule has 172 valence electrons. The third-order valence-electron chi connectivity index (χ3n) is 5.02. The summed E-state index contributed by atoms with van der Waals surface area (Å²) in [5.41, 5.74) is 4.03. The van der Waals surface area contributed by atoms with Gasteiger partial charge in [-0.05, 0) is 23.3 Å². The highest BCUT2D eigenvalue weighted by Crippen LogP contribution is 2.21. The molecule has 0 fully saturated rings. The zero-order valence-electron chi connectivity index (χ0n) is 18.5. The largest absolute Gasteiger partial charge is 0.487 e. The summed E-state index contributed by atoms with van der Waals surface area (Å²) >= 11 is 0. The van der Waals surface area contributed by atoms with Crippen molar-refractivity contribution in [2.24, 2.45) is 5.16 Å². The average molecular weight is 456 g/mol. The molecule has 7 nitrogen and oxygen atoms in total. The van der Waals surface area contributed by atoms with E-state index in [1.165, 1.54) is 0 Å². The Balaban J connectivity index is 1.30. The van der Waals surface area contributed by atoms with E-state index in [1.807, 2.05) is 91.0 Å². The third kappa shape index (κ3) is 6.56. The summed E-state index contributed by atoms with van der Waals surface area (Å²) in [7, 11) is 0. The lowest BCUT2D eigenvalue weighted by Gasteiger charge is -2.07. The zero-order chi connectivity index (χ0) is 23.6. The van der Waals surface area contributed by atoms with Crippen LogP contribution in [0.15, 0.2) is 101 Å². The lowest BCUT2D eigenvalue weighted by molar-refractivity contribution is -0.136. The van der Waals surface area contributed by atoms with Gasteiger partial charge in [0, 0.05) is 18.1 Å². The van der Waals surface area contributed by atoms with Crippen molar-refractivity contribution >= 4 is 11.7 Å². The summed E-state index contributed by atoms with van der Waals surface area (Å²) in [5.74, 6) is 0.523. The second-order valence-electron chi connectivity index (χ2n) is 7.55. The molecular weight excluding hydrogens is 432 g/mol. The molecule has 1 N–H and O–H groups in total.